The summed E-state index contributed by atoms with van der Waals surface area (Å²) in [5.41, 5.74) is 2.16. The number of hydrogen-bond acceptors (Lipinski definition) is 5. The molecule has 0 saturated heterocycles. The highest BCUT2D eigenvalue weighted by Gasteiger charge is 2.29. The largest absolute Gasteiger partial charge is 0.493 e. The molecule has 0 bridgehead atoms. The number of carbonyl (C=O) groups is 2. The van der Waals surface area contributed by atoms with E-state index >= 15 is 0 Å². The molecule has 4 rings (SSSR count). The average molecular weight is 519 g/mol. The van der Waals surface area contributed by atoms with Crippen molar-refractivity contribution in [3.63, 3.8) is 0 Å². The molecule has 0 N–H and O–H groups in total. The Hall–Kier alpha value is -3.74. The third-order valence-electron chi connectivity index (χ3n) is 6.94. The molecule has 1 fully saturated rings. The number of hydrogen-bond donors (Lipinski definition) is 0. The molecule has 2 amide bonds. The van der Waals surface area contributed by atoms with Crippen molar-refractivity contribution in [2.75, 3.05) is 33.9 Å². The van der Waals surface area contributed by atoms with Crippen LogP contribution in [0.15, 0.2) is 65.1 Å². The first-order chi connectivity index (χ1) is 18.4. The Morgan fingerprint density at radius 1 is 0.868 bits per heavy atom. The van der Waals surface area contributed by atoms with Crippen LogP contribution in [0, 0.1) is 12.8 Å². The smallest absolute Gasteiger partial charge is 0.242 e. The lowest BCUT2D eigenvalue weighted by Crippen LogP contribution is -2.44. The summed E-state index contributed by atoms with van der Waals surface area (Å²) in [5, 5.41) is 0. The van der Waals surface area contributed by atoms with Gasteiger partial charge in [-0.25, -0.2) is 0 Å². The molecule has 0 atom stereocenters. The second-order valence-corrected chi connectivity index (χ2v) is 9.97. The molecule has 0 aliphatic heterocycles. The van der Waals surface area contributed by atoms with Crippen LogP contribution in [0.25, 0.3) is 0 Å². The molecule has 1 aromatic heterocycles. The Kier molecular flexibility index (Phi) is 9.46. The van der Waals surface area contributed by atoms with Crippen molar-refractivity contribution >= 4 is 11.8 Å². The van der Waals surface area contributed by atoms with E-state index in [-0.39, 0.29) is 18.4 Å². The van der Waals surface area contributed by atoms with Crippen LogP contribution >= 0.6 is 0 Å². The maximum atomic E-state index is 13.6. The summed E-state index contributed by atoms with van der Waals surface area (Å²) in [6.07, 6.45) is 3.93. The molecule has 1 saturated carbocycles. The van der Waals surface area contributed by atoms with Crippen molar-refractivity contribution in [2.24, 2.45) is 5.92 Å². The first-order valence-electron chi connectivity index (χ1n) is 13.3. The van der Waals surface area contributed by atoms with Gasteiger partial charge in [0.1, 0.15) is 11.5 Å². The van der Waals surface area contributed by atoms with Gasteiger partial charge >= 0.3 is 0 Å². The lowest BCUT2D eigenvalue weighted by Gasteiger charge is -2.27. The molecule has 7 nitrogen and oxygen atoms in total. The third kappa shape index (κ3) is 7.88. The molecule has 3 aromatic rings. The van der Waals surface area contributed by atoms with Crippen molar-refractivity contribution in [3.05, 3.63) is 83.3 Å². The molecule has 1 heterocycles. The Morgan fingerprint density at radius 3 is 2.29 bits per heavy atom. The van der Waals surface area contributed by atoms with Crippen LogP contribution < -0.4 is 9.47 Å². The fourth-order valence-corrected chi connectivity index (χ4v) is 4.53. The van der Waals surface area contributed by atoms with Gasteiger partial charge in [0, 0.05) is 19.5 Å². The number of ether oxygens (including phenoxy) is 2. The molecule has 7 heteroatoms. The number of aryl methyl sites for hydroxylation is 2. The average Bonchev–Trinajstić information content (AvgIpc) is 3.67. The van der Waals surface area contributed by atoms with Crippen molar-refractivity contribution in [2.45, 2.75) is 45.6 Å². The lowest BCUT2D eigenvalue weighted by atomic mass is 10.1. The first-order valence-corrected chi connectivity index (χ1v) is 13.3. The summed E-state index contributed by atoms with van der Waals surface area (Å²) in [7, 11) is 3.22. The molecular formula is C31H38N2O5. The van der Waals surface area contributed by atoms with Crippen LogP contribution in [0.2, 0.25) is 0 Å². The maximum Gasteiger partial charge on any atom is 0.242 e. The second-order valence-electron chi connectivity index (χ2n) is 9.97. The molecule has 38 heavy (non-hydrogen) atoms. The van der Waals surface area contributed by atoms with E-state index in [1.165, 1.54) is 0 Å². The fraction of sp³-hybridized carbons (Fsp3) is 0.419. The van der Waals surface area contributed by atoms with Crippen LogP contribution in [0.4, 0.5) is 0 Å². The number of amides is 2. The zero-order chi connectivity index (χ0) is 26.9. The van der Waals surface area contributed by atoms with Gasteiger partial charge in [-0.3, -0.25) is 9.59 Å². The van der Waals surface area contributed by atoms with Crippen LogP contribution in [0.1, 0.15) is 41.9 Å². The third-order valence-corrected chi connectivity index (χ3v) is 6.94. The van der Waals surface area contributed by atoms with Gasteiger partial charge in [0.15, 0.2) is 11.5 Å². The predicted octanol–water partition coefficient (Wildman–Crippen LogP) is 5.05. The van der Waals surface area contributed by atoms with Gasteiger partial charge in [-0.05, 0) is 73.9 Å². The van der Waals surface area contributed by atoms with Gasteiger partial charge in [0.25, 0.3) is 0 Å². The molecular weight excluding hydrogens is 480 g/mol. The fourth-order valence-electron chi connectivity index (χ4n) is 4.53. The molecule has 0 unspecified atom stereocenters. The normalized spacial score (nSPS) is 12.7. The van der Waals surface area contributed by atoms with Gasteiger partial charge in [-0.2, -0.15) is 0 Å². The van der Waals surface area contributed by atoms with Gasteiger partial charge < -0.3 is 23.7 Å². The van der Waals surface area contributed by atoms with E-state index in [1.54, 1.807) is 24.0 Å². The lowest BCUT2D eigenvalue weighted by molar-refractivity contribution is -0.141. The number of rotatable bonds is 14. The Morgan fingerprint density at radius 2 is 1.63 bits per heavy atom. The number of carbonyl (C=O) groups excluding carboxylic acids is 2. The SMILES string of the molecule is COc1ccc(CCN(Cc2ccc(C)o2)C(=O)CN(CC2CC2)C(=O)CCc2ccccc2)cc1OC. The molecule has 0 spiro atoms. The van der Waals surface area contributed by atoms with E-state index in [1.807, 2.05) is 67.6 Å². The molecule has 202 valence electrons. The van der Waals surface area contributed by atoms with E-state index in [9.17, 15) is 9.59 Å². The monoisotopic (exact) mass is 518 g/mol. The number of furan rings is 1. The minimum atomic E-state index is -0.0757. The Labute approximate surface area is 225 Å². The first kappa shape index (κ1) is 27.3. The van der Waals surface area contributed by atoms with Crippen molar-refractivity contribution in [1.29, 1.82) is 0 Å². The van der Waals surface area contributed by atoms with E-state index < -0.39 is 0 Å². The highest BCUT2D eigenvalue weighted by molar-refractivity contribution is 5.85. The number of benzene rings is 2. The van der Waals surface area contributed by atoms with Gasteiger partial charge in [-0.1, -0.05) is 36.4 Å². The van der Waals surface area contributed by atoms with Crippen LogP contribution in [-0.2, 0) is 29.0 Å². The standard InChI is InChI=1S/C31H38N2O5/c1-23-9-14-27(38-23)21-32(18-17-25-12-15-28(36-2)29(19-25)37-3)31(35)22-33(20-26-10-11-26)30(34)16-13-24-7-5-4-6-8-24/h4-9,12,14-15,19,26H,10-11,13,16-18,20-22H2,1-3H3. The Bertz CT molecular complexity index is 1200. The minimum Gasteiger partial charge on any atom is -0.493 e. The molecule has 0 radical (unpaired) electrons. The van der Waals surface area contributed by atoms with E-state index in [4.69, 9.17) is 13.9 Å². The zero-order valence-corrected chi connectivity index (χ0v) is 22.7. The van der Waals surface area contributed by atoms with Crippen LogP contribution in [0.3, 0.4) is 0 Å². The van der Waals surface area contributed by atoms with E-state index in [0.29, 0.717) is 56.3 Å². The van der Waals surface area contributed by atoms with Crippen LogP contribution in [-0.4, -0.2) is 55.5 Å². The predicted molar refractivity (Wildman–Crippen MR) is 146 cm³/mol. The van der Waals surface area contributed by atoms with Crippen molar-refractivity contribution in [1.82, 2.24) is 9.80 Å². The topological polar surface area (TPSA) is 72.2 Å². The van der Waals surface area contributed by atoms with E-state index in [2.05, 4.69) is 0 Å². The quantitative estimate of drug-likeness (QED) is 0.299. The van der Waals surface area contributed by atoms with Gasteiger partial charge in [0.05, 0.1) is 27.3 Å². The van der Waals surface area contributed by atoms with Crippen LogP contribution in [0.5, 0.6) is 11.5 Å². The molecule has 1 aliphatic carbocycles. The van der Waals surface area contributed by atoms with Gasteiger partial charge in [-0.15, -0.1) is 0 Å². The highest BCUT2D eigenvalue weighted by Crippen LogP contribution is 2.30. The minimum absolute atomic E-state index is 0.0304. The summed E-state index contributed by atoms with van der Waals surface area (Å²) in [6, 6.07) is 19.6. The maximum absolute atomic E-state index is 13.6. The molecule has 1 aliphatic rings. The highest BCUT2D eigenvalue weighted by atomic mass is 16.5. The summed E-state index contributed by atoms with van der Waals surface area (Å²) in [6.45, 7) is 3.46. The van der Waals surface area contributed by atoms with Crippen molar-refractivity contribution in [3.8, 4) is 11.5 Å². The van der Waals surface area contributed by atoms with Gasteiger partial charge in [0.2, 0.25) is 11.8 Å². The zero-order valence-electron chi connectivity index (χ0n) is 22.7. The Balaban J connectivity index is 1.44. The number of nitrogens with zero attached hydrogens (tertiary/aromatic N) is 2. The summed E-state index contributed by atoms with van der Waals surface area (Å²) in [4.78, 5) is 30.4. The van der Waals surface area contributed by atoms with E-state index in [0.717, 1.165) is 35.5 Å². The summed E-state index contributed by atoms with van der Waals surface area (Å²) < 4.78 is 16.6. The number of methoxy groups -OCH3 is 2. The molecule has 2 aromatic carbocycles. The summed E-state index contributed by atoms with van der Waals surface area (Å²) in [5.74, 6) is 3.31. The summed E-state index contributed by atoms with van der Waals surface area (Å²) >= 11 is 0. The second kappa shape index (κ2) is 13.2. The van der Waals surface area contributed by atoms with Crippen molar-refractivity contribution < 1.29 is 23.5 Å².